The number of benzene rings is 4. The highest BCUT2D eigenvalue weighted by Crippen LogP contribution is 2.35. The van der Waals surface area contributed by atoms with E-state index in [2.05, 4.69) is 63.5 Å². The molecule has 0 aliphatic carbocycles. The van der Waals surface area contributed by atoms with Crippen molar-refractivity contribution in [2.24, 2.45) is 0 Å². The van der Waals surface area contributed by atoms with Crippen LogP contribution in [0.2, 0.25) is 0 Å². The predicted octanol–water partition coefficient (Wildman–Crippen LogP) is 9.19. The predicted molar refractivity (Wildman–Crippen MR) is 211 cm³/mol. The molecule has 55 heavy (non-hydrogen) atoms. The van der Waals surface area contributed by atoms with E-state index in [9.17, 15) is 14.4 Å². The molecule has 0 unspecified atom stereocenters. The first-order chi connectivity index (χ1) is 26.6. The van der Waals surface area contributed by atoms with Gasteiger partial charge in [-0.1, -0.05) is 84.9 Å². The van der Waals surface area contributed by atoms with E-state index in [1.807, 2.05) is 69.4 Å². The highest BCUT2D eigenvalue weighted by atomic mass is 16.6. The smallest absolute Gasteiger partial charge is 0.410 e. The van der Waals surface area contributed by atoms with E-state index in [0.29, 0.717) is 36.2 Å². The Kier molecular flexibility index (Phi) is 9.69. The first-order valence-corrected chi connectivity index (χ1v) is 18.9. The van der Waals surface area contributed by atoms with Crippen LogP contribution in [0.5, 0.6) is 0 Å². The van der Waals surface area contributed by atoms with E-state index < -0.39 is 11.7 Å². The van der Waals surface area contributed by atoms with E-state index in [0.717, 1.165) is 64.2 Å². The molecular weight excluding hydrogens is 693 g/mol. The molecule has 8 rings (SSSR count). The number of carbonyl (C=O) groups is 2. The van der Waals surface area contributed by atoms with Crippen molar-refractivity contribution in [2.75, 3.05) is 13.1 Å². The van der Waals surface area contributed by atoms with Gasteiger partial charge in [0.2, 0.25) is 0 Å². The van der Waals surface area contributed by atoms with E-state index in [1.165, 1.54) is 0 Å². The average molecular weight is 737 g/mol. The van der Waals surface area contributed by atoms with Gasteiger partial charge in [-0.3, -0.25) is 14.6 Å². The van der Waals surface area contributed by atoms with Gasteiger partial charge in [-0.25, -0.2) is 19.6 Å². The van der Waals surface area contributed by atoms with Crippen LogP contribution in [0.4, 0.5) is 9.59 Å². The van der Waals surface area contributed by atoms with E-state index in [-0.39, 0.29) is 30.3 Å². The number of carbonyl (C=O) groups excluding carboxylic acids is 2. The summed E-state index contributed by atoms with van der Waals surface area (Å²) in [6, 6.07) is 31.4. The molecule has 0 bridgehead atoms. The Morgan fingerprint density at radius 2 is 1.31 bits per heavy atom. The Morgan fingerprint density at radius 3 is 1.96 bits per heavy atom. The maximum absolute atomic E-state index is 13.2. The normalized spacial score (nSPS) is 17.1. The number of aromatic nitrogens is 4. The number of hydrogen-bond donors (Lipinski definition) is 2. The summed E-state index contributed by atoms with van der Waals surface area (Å²) in [6.07, 6.45) is 4.32. The van der Waals surface area contributed by atoms with Crippen molar-refractivity contribution in [2.45, 2.75) is 70.7 Å². The van der Waals surface area contributed by atoms with Crippen molar-refractivity contribution in [3.05, 3.63) is 131 Å². The summed E-state index contributed by atoms with van der Waals surface area (Å²) in [5.41, 5.74) is 6.67. The fraction of sp³-hybridized carbons (Fsp3) is 0.295. The number of amides is 2. The Hall–Kier alpha value is -6.23. The molecule has 2 fully saturated rings. The second-order valence-electron chi connectivity index (χ2n) is 15.2. The van der Waals surface area contributed by atoms with Crippen molar-refractivity contribution in [1.82, 2.24) is 29.7 Å². The number of ether oxygens (including phenoxy) is 2. The fourth-order valence-corrected chi connectivity index (χ4v) is 7.51. The lowest BCUT2D eigenvalue weighted by Crippen LogP contribution is -2.36. The molecule has 2 aromatic heterocycles. The lowest BCUT2D eigenvalue weighted by atomic mass is 9.98. The molecular formula is C44H44N6O5. The van der Waals surface area contributed by atoms with Crippen molar-refractivity contribution >= 4 is 23.1 Å². The lowest BCUT2D eigenvalue weighted by Gasteiger charge is -2.27. The number of nitrogens with one attached hydrogen (secondary N) is 2. The number of imidazole rings is 1. The van der Waals surface area contributed by atoms with Crippen molar-refractivity contribution in [3.63, 3.8) is 0 Å². The minimum atomic E-state index is -0.553. The second kappa shape index (κ2) is 14.9. The van der Waals surface area contributed by atoms with Crippen LogP contribution in [-0.4, -0.2) is 60.6 Å². The van der Waals surface area contributed by atoms with Gasteiger partial charge in [0.1, 0.15) is 23.9 Å². The van der Waals surface area contributed by atoms with Gasteiger partial charge >= 0.3 is 12.2 Å². The Bertz CT molecular complexity index is 2380. The number of nitrogens with zero attached hydrogens (tertiary/aromatic N) is 4. The monoisotopic (exact) mass is 736 g/mol. The molecule has 11 heteroatoms. The summed E-state index contributed by atoms with van der Waals surface area (Å²) >= 11 is 0. The number of hydrogen-bond acceptors (Lipinski definition) is 7. The molecule has 6 aromatic rings. The number of likely N-dealkylation sites (tertiary alicyclic amines) is 2. The largest absolute Gasteiger partial charge is 0.445 e. The van der Waals surface area contributed by atoms with Gasteiger partial charge in [0, 0.05) is 13.1 Å². The van der Waals surface area contributed by atoms with Gasteiger partial charge in [0.25, 0.3) is 5.56 Å². The van der Waals surface area contributed by atoms with Gasteiger partial charge in [-0.15, -0.1) is 0 Å². The van der Waals surface area contributed by atoms with Crippen LogP contribution in [0.25, 0.3) is 44.4 Å². The second-order valence-corrected chi connectivity index (χ2v) is 15.2. The molecule has 11 nitrogen and oxygen atoms in total. The average Bonchev–Trinajstić information content (AvgIpc) is 3.99. The molecule has 2 aliphatic heterocycles. The third-order valence-corrected chi connectivity index (χ3v) is 10.3. The van der Waals surface area contributed by atoms with Crippen LogP contribution >= 0.6 is 0 Å². The SMILES string of the molecule is CC(C)(C)OC(=O)N1CCC[C@H]1c1ncc(-c2ccc(-c3ccc(-c4ccc5c(=O)[nH]c([C@@H]6CCCN6C(=O)OCc6ccccc6)nc5c4)cc3)cc2)[nH]1. The van der Waals surface area contributed by atoms with Crippen molar-refractivity contribution < 1.29 is 19.1 Å². The van der Waals surface area contributed by atoms with Gasteiger partial charge in [0.15, 0.2) is 0 Å². The van der Waals surface area contributed by atoms with Gasteiger partial charge in [-0.05, 0) is 92.0 Å². The summed E-state index contributed by atoms with van der Waals surface area (Å²) in [6.45, 7) is 7.00. The summed E-state index contributed by atoms with van der Waals surface area (Å²) < 4.78 is 11.3. The maximum atomic E-state index is 13.2. The number of fused-ring (bicyclic) bond motifs is 1. The van der Waals surface area contributed by atoms with Crippen LogP contribution in [0, 0.1) is 0 Å². The first kappa shape index (κ1) is 35.8. The number of rotatable bonds is 7. The third kappa shape index (κ3) is 7.73. The van der Waals surface area contributed by atoms with Gasteiger partial charge in [-0.2, -0.15) is 0 Å². The van der Waals surface area contributed by atoms with E-state index in [4.69, 9.17) is 14.5 Å². The minimum Gasteiger partial charge on any atom is -0.445 e. The Balaban J connectivity index is 0.954. The standard InChI is InChI=1S/C44H44N6O5/c1-44(2,3)55-43(53)50-24-7-11-37(50)39-45-26-36(47-39)32-19-17-30(18-20-32)29-13-15-31(16-14-29)33-21-22-34-35(25-33)46-40(48-41(34)51)38-12-8-23-49(38)42(52)54-27-28-9-5-4-6-10-28/h4-6,9-10,13-22,25-26,37-38H,7-8,11-12,23-24,27H2,1-3H3,(H,45,47)(H,46,48,51)/t37-,38-/m0/s1. The summed E-state index contributed by atoms with van der Waals surface area (Å²) in [5.74, 6) is 1.23. The zero-order valence-electron chi connectivity index (χ0n) is 31.2. The molecule has 0 spiro atoms. The van der Waals surface area contributed by atoms with E-state index in [1.54, 1.807) is 15.9 Å². The van der Waals surface area contributed by atoms with E-state index >= 15 is 0 Å². The molecule has 2 aliphatic rings. The number of H-pyrrole nitrogens is 2. The van der Waals surface area contributed by atoms with Crippen molar-refractivity contribution in [1.29, 1.82) is 0 Å². The fourth-order valence-electron chi connectivity index (χ4n) is 7.51. The van der Waals surface area contributed by atoms with Crippen molar-refractivity contribution in [3.8, 4) is 33.5 Å². The zero-order chi connectivity index (χ0) is 38.1. The zero-order valence-corrected chi connectivity index (χ0v) is 31.2. The molecule has 4 aromatic carbocycles. The van der Waals surface area contributed by atoms with Crippen LogP contribution in [0.15, 0.2) is 108 Å². The Morgan fingerprint density at radius 1 is 0.727 bits per heavy atom. The summed E-state index contributed by atoms with van der Waals surface area (Å²) in [7, 11) is 0. The van der Waals surface area contributed by atoms with Gasteiger partial charge in [0.05, 0.1) is 34.9 Å². The lowest BCUT2D eigenvalue weighted by molar-refractivity contribution is 0.0218. The van der Waals surface area contributed by atoms with Crippen LogP contribution in [-0.2, 0) is 16.1 Å². The molecule has 2 amide bonds. The maximum Gasteiger partial charge on any atom is 0.410 e. The molecule has 2 saturated heterocycles. The van der Waals surface area contributed by atoms with Crippen LogP contribution in [0.1, 0.15) is 75.8 Å². The minimum absolute atomic E-state index is 0.138. The Labute approximate surface area is 319 Å². The quantitative estimate of drug-likeness (QED) is 0.167. The molecule has 2 N–H and O–H groups in total. The highest BCUT2D eigenvalue weighted by molar-refractivity contribution is 5.84. The molecule has 4 heterocycles. The summed E-state index contributed by atoms with van der Waals surface area (Å²) in [5, 5.41) is 0.494. The van der Waals surface area contributed by atoms with Gasteiger partial charge < -0.3 is 19.4 Å². The first-order valence-electron chi connectivity index (χ1n) is 18.9. The van der Waals surface area contributed by atoms with Crippen LogP contribution < -0.4 is 5.56 Å². The highest BCUT2D eigenvalue weighted by Gasteiger charge is 2.35. The third-order valence-electron chi connectivity index (χ3n) is 10.3. The number of aromatic amines is 2. The van der Waals surface area contributed by atoms with Crippen LogP contribution in [0.3, 0.4) is 0 Å². The summed E-state index contributed by atoms with van der Waals surface area (Å²) in [4.78, 5) is 58.4. The molecule has 280 valence electrons. The molecule has 0 saturated carbocycles. The topological polar surface area (TPSA) is 134 Å². The molecule has 0 radical (unpaired) electrons. The molecule has 2 atom stereocenters.